The van der Waals surface area contributed by atoms with Gasteiger partial charge in [0.25, 0.3) is 0 Å². The van der Waals surface area contributed by atoms with Crippen molar-refractivity contribution in [2.45, 2.75) is 77.4 Å². The fourth-order valence-corrected chi connectivity index (χ4v) is 9.24. The molecular weight excluding hydrogens is 693 g/mol. The summed E-state index contributed by atoms with van der Waals surface area (Å²) in [5.74, 6) is 1.58. The van der Waals surface area contributed by atoms with Crippen molar-refractivity contribution in [3.05, 3.63) is 48.2 Å². The highest BCUT2D eigenvalue weighted by atomic mass is 19.4. The van der Waals surface area contributed by atoms with Crippen LogP contribution in [-0.2, 0) is 4.79 Å². The van der Waals surface area contributed by atoms with Gasteiger partial charge in [-0.25, -0.2) is 4.98 Å². The molecule has 0 unspecified atom stereocenters. The molecule has 1 spiro atoms. The van der Waals surface area contributed by atoms with Crippen molar-refractivity contribution < 1.29 is 22.7 Å². The van der Waals surface area contributed by atoms with Gasteiger partial charge in [0.1, 0.15) is 11.3 Å². The van der Waals surface area contributed by atoms with Gasteiger partial charge in [0.05, 0.1) is 11.7 Å². The zero-order valence-electron chi connectivity index (χ0n) is 31.4. The van der Waals surface area contributed by atoms with E-state index in [1.54, 1.807) is 6.20 Å². The number of piperidine rings is 2. The molecule has 286 valence electrons. The van der Waals surface area contributed by atoms with Crippen molar-refractivity contribution >= 4 is 39.5 Å². The average Bonchev–Trinajstić information content (AvgIpc) is 3.85. The summed E-state index contributed by atoms with van der Waals surface area (Å²) in [7, 11) is 0. The number of halogens is 3. The number of rotatable bonds is 8. The van der Waals surface area contributed by atoms with Gasteiger partial charge in [0, 0.05) is 67.1 Å². The zero-order chi connectivity index (χ0) is 37.6. The highest BCUT2D eigenvalue weighted by molar-refractivity contribution is 6.06. The number of hydrogen-bond acceptors (Lipinski definition) is 8. The molecule has 0 bridgehead atoms. The van der Waals surface area contributed by atoms with E-state index in [1.165, 1.54) is 6.08 Å². The molecule has 6 heterocycles. The van der Waals surface area contributed by atoms with Gasteiger partial charge in [-0.2, -0.15) is 23.3 Å². The molecule has 2 aromatic carbocycles. The lowest BCUT2D eigenvalue weighted by Gasteiger charge is -2.54. The SMILES string of the molecule is C=CC(=O)N1CC2(CCN(c3nc(N4CC(N5CCC(C)(C)CC5)C4)nc4c(OCC(F)(F)F)c(-c5c(C)ccc6[nH]ncc56)c(C5CC5)cc34)CC2)C1. The Balaban J connectivity index is 1.16. The number of amides is 1. The number of ether oxygens (including phenoxy) is 1. The normalized spacial score (nSPS) is 21.8. The number of aromatic amines is 1. The summed E-state index contributed by atoms with van der Waals surface area (Å²) in [6.45, 7) is 15.4. The van der Waals surface area contributed by atoms with E-state index in [0.717, 1.165) is 117 Å². The van der Waals surface area contributed by atoms with Crippen LogP contribution in [0.3, 0.4) is 0 Å². The van der Waals surface area contributed by atoms with Crippen molar-refractivity contribution in [2.24, 2.45) is 10.8 Å². The molecule has 13 heteroatoms. The fraction of sp³-hybridized carbons (Fsp3) is 0.561. The lowest BCUT2D eigenvalue weighted by Crippen LogP contribution is -2.62. The summed E-state index contributed by atoms with van der Waals surface area (Å²) in [5, 5.41) is 8.92. The van der Waals surface area contributed by atoms with E-state index >= 15 is 0 Å². The average molecular weight is 743 g/mol. The number of nitrogens with one attached hydrogen (secondary N) is 1. The molecule has 5 fully saturated rings. The van der Waals surface area contributed by atoms with E-state index in [9.17, 15) is 18.0 Å². The Hall–Kier alpha value is -4.39. The van der Waals surface area contributed by atoms with Gasteiger partial charge in [-0.3, -0.25) is 14.8 Å². The smallest absolute Gasteiger partial charge is 0.422 e. The largest absolute Gasteiger partial charge is 0.481 e. The number of nitrogens with zero attached hydrogens (tertiary/aromatic N) is 7. The maximum Gasteiger partial charge on any atom is 0.422 e. The molecule has 4 saturated heterocycles. The minimum atomic E-state index is -4.55. The number of fused-ring (bicyclic) bond motifs is 2. The van der Waals surface area contributed by atoms with Gasteiger partial charge >= 0.3 is 6.18 Å². The quantitative estimate of drug-likeness (QED) is 0.189. The highest BCUT2D eigenvalue weighted by Crippen LogP contribution is 2.53. The second-order valence-electron chi connectivity index (χ2n) is 17.3. The summed E-state index contributed by atoms with van der Waals surface area (Å²) < 4.78 is 48.4. The van der Waals surface area contributed by atoms with Gasteiger partial charge in [0.2, 0.25) is 11.9 Å². The first-order valence-corrected chi connectivity index (χ1v) is 19.5. The predicted molar refractivity (Wildman–Crippen MR) is 204 cm³/mol. The monoisotopic (exact) mass is 742 g/mol. The lowest BCUT2D eigenvalue weighted by atomic mass is 9.72. The summed E-state index contributed by atoms with van der Waals surface area (Å²) in [6.07, 6.45) is 4.56. The Bertz CT molecular complexity index is 2110. The van der Waals surface area contributed by atoms with Gasteiger partial charge in [0.15, 0.2) is 12.4 Å². The van der Waals surface area contributed by atoms with E-state index in [-0.39, 0.29) is 23.0 Å². The van der Waals surface area contributed by atoms with Crippen LogP contribution in [0.5, 0.6) is 5.75 Å². The number of hydrogen-bond donors (Lipinski definition) is 1. The molecule has 5 aliphatic rings. The summed E-state index contributed by atoms with van der Waals surface area (Å²) in [4.78, 5) is 31.6. The molecule has 9 rings (SSSR count). The van der Waals surface area contributed by atoms with Gasteiger partial charge < -0.3 is 19.4 Å². The number of carbonyl (C=O) groups is 1. The van der Waals surface area contributed by atoms with Crippen LogP contribution >= 0.6 is 0 Å². The van der Waals surface area contributed by atoms with Gasteiger partial charge in [-0.1, -0.05) is 26.5 Å². The van der Waals surface area contributed by atoms with E-state index in [1.807, 2.05) is 24.0 Å². The Labute approximate surface area is 313 Å². The molecule has 1 N–H and O–H groups in total. The topological polar surface area (TPSA) is 93.7 Å². The molecule has 2 aromatic heterocycles. The zero-order valence-corrected chi connectivity index (χ0v) is 31.4. The van der Waals surface area contributed by atoms with Crippen LogP contribution in [-0.4, -0.2) is 107 Å². The predicted octanol–water partition coefficient (Wildman–Crippen LogP) is 7.23. The van der Waals surface area contributed by atoms with Crippen LogP contribution in [0, 0.1) is 17.8 Å². The van der Waals surface area contributed by atoms with Crippen LogP contribution in [0.15, 0.2) is 37.1 Å². The number of alkyl halides is 3. The Morgan fingerprint density at radius 3 is 2.39 bits per heavy atom. The first-order valence-electron chi connectivity index (χ1n) is 19.5. The second-order valence-corrected chi connectivity index (χ2v) is 17.3. The molecule has 54 heavy (non-hydrogen) atoms. The van der Waals surface area contributed by atoms with Crippen molar-refractivity contribution in [1.29, 1.82) is 0 Å². The number of carbonyl (C=O) groups excluding carboxylic acids is 1. The van der Waals surface area contributed by atoms with Crippen LogP contribution < -0.4 is 14.5 Å². The Kier molecular flexibility index (Phi) is 8.40. The van der Waals surface area contributed by atoms with E-state index in [4.69, 9.17) is 14.7 Å². The first kappa shape index (κ1) is 35.3. The molecule has 1 aliphatic carbocycles. The summed E-state index contributed by atoms with van der Waals surface area (Å²) in [5.41, 5.74) is 5.02. The Morgan fingerprint density at radius 1 is 1.00 bits per heavy atom. The molecule has 4 aliphatic heterocycles. The van der Waals surface area contributed by atoms with Crippen molar-refractivity contribution in [2.75, 3.05) is 68.8 Å². The van der Waals surface area contributed by atoms with Crippen LogP contribution in [0.1, 0.15) is 69.4 Å². The molecule has 0 atom stereocenters. The van der Waals surface area contributed by atoms with E-state index in [0.29, 0.717) is 41.6 Å². The lowest BCUT2D eigenvalue weighted by molar-refractivity contribution is -0.153. The Morgan fingerprint density at radius 2 is 1.72 bits per heavy atom. The minimum Gasteiger partial charge on any atom is -0.481 e. The third kappa shape index (κ3) is 6.35. The van der Waals surface area contributed by atoms with Crippen molar-refractivity contribution in [3.63, 3.8) is 0 Å². The van der Waals surface area contributed by atoms with Crippen molar-refractivity contribution in [3.8, 4) is 16.9 Å². The van der Waals surface area contributed by atoms with Gasteiger partial charge in [-0.05, 0) is 105 Å². The standard InChI is InChI=1S/C41H49F3N8O2/c1-5-32(53)52-22-40(23-52)12-16-50(17-13-40)37-29-18-28(26-7-8-26)34(33-25(2)6-9-31-30(33)19-45-48-31)36(54-24-41(42,43)44)35(29)46-38(47-37)51-20-27(21-51)49-14-10-39(3,4)11-15-49/h5-6,9,18-19,26-27H,1,7-8,10-17,20-24H2,2-4H3,(H,45,48). The number of benzene rings is 2. The maximum atomic E-state index is 14.1. The molecule has 0 radical (unpaired) electrons. The van der Waals surface area contributed by atoms with Crippen LogP contribution in [0.2, 0.25) is 0 Å². The van der Waals surface area contributed by atoms with E-state index in [2.05, 4.69) is 51.4 Å². The molecule has 10 nitrogen and oxygen atoms in total. The van der Waals surface area contributed by atoms with Crippen LogP contribution in [0.4, 0.5) is 24.9 Å². The number of aromatic nitrogens is 4. The third-order valence-corrected chi connectivity index (χ3v) is 12.9. The molecule has 4 aromatic rings. The minimum absolute atomic E-state index is 0.0354. The summed E-state index contributed by atoms with van der Waals surface area (Å²) >= 11 is 0. The summed E-state index contributed by atoms with van der Waals surface area (Å²) in [6, 6.07) is 6.46. The third-order valence-electron chi connectivity index (χ3n) is 12.9. The van der Waals surface area contributed by atoms with Crippen molar-refractivity contribution in [1.82, 2.24) is 30.0 Å². The highest BCUT2D eigenvalue weighted by Gasteiger charge is 2.47. The number of anilines is 2. The van der Waals surface area contributed by atoms with Gasteiger partial charge in [-0.15, -0.1) is 0 Å². The van der Waals surface area contributed by atoms with E-state index < -0.39 is 12.8 Å². The molecule has 1 saturated carbocycles. The number of likely N-dealkylation sites (tertiary alicyclic amines) is 2. The molecular formula is C41H49F3N8O2. The fourth-order valence-electron chi connectivity index (χ4n) is 9.24. The van der Waals surface area contributed by atoms with Crippen LogP contribution in [0.25, 0.3) is 32.9 Å². The first-order chi connectivity index (χ1) is 25.8. The second kappa shape index (κ2) is 12.8. The maximum absolute atomic E-state index is 14.1. The number of H-pyrrole nitrogens is 1. The number of aryl methyl sites for hydroxylation is 1. The molecule has 1 amide bonds.